The van der Waals surface area contributed by atoms with E-state index >= 15 is 0 Å². The smallest absolute Gasteiger partial charge is 0.241 e. The first-order valence-corrected chi connectivity index (χ1v) is 9.23. The number of halogens is 2. The van der Waals surface area contributed by atoms with Gasteiger partial charge in [-0.15, -0.1) is 12.4 Å². The van der Waals surface area contributed by atoms with Crippen LogP contribution in [0.2, 0.25) is 5.02 Å². The summed E-state index contributed by atoms with van der Waals surface area (Å²) in [5.41, 5.74) is 0. The number of hydrogen-bond acceptors (Lipinski definition) is 4. The Bertz CT molecular complexity index is 627. The molecular formula is C15H22Cl2N2O3S. The zero-order chi connectivity index (χ0) is 16.2. The van der Waals surface area contributed by atoms with Crippen LogP contribution in [0.1, 0.15) is 25.7 Å². The van der Waals surface area contributed by atoms with E-state index in [1.165, 1.54) is 24.3 Å². The van der Waals surface area contributed by atoms with Gasteiger partial charge in [0.15, 0.2) is 14.6 Å². The highest BCUT2D eigenvalue weighted by molar-refractivity contribution is 7.93. The SMILES string of the molecule is CNCCNC(=O)C1(S(=O)(=O)c2ccc(Cl)cc2)CCCC1.Cl. The predicted molar refractivity (Wildman–Crippen MR) is 94.0 cm³/mol. The van der Waals surface area contributed by atoms with E-state index in [0.29, 0.717) is 31.0 Å². The molecule has 0 spiro atoms. The quantitative estimate of drug-likeness (QED) is 0.741. The van der Waals surface area contributed by atoms with Crippen LogP contribution in [0.4, 0.5) is 0 Å². The van der Waals surface area contributed by atoms with Crippen LogP contribution >= 0.6 is 24.0 Å². The maximum atomic E-state index is 13.0. The molecule has 5 nitrogen and oxygen atoms in total. The van der Waals surface area contributed by atoms with Gasteiger partial charge < -0.3 is 10.6 Å². The Morgan fingerprint density at radius 1 is 1.17 bits per heavy atom. The molecule has 0 bridgehead atoms. The first kappa shape index (κ1) is 20.2. The summed E-state index contributed by atoms with van der Waals surface area (Å²) >= 11 is 5.82. The fourth-order valence-electron chi connectivity index (χ4n) is 2.87. The van der Waals surface area contributed by atoms with Gasteiger partial charge in [0.25, 0.3) is 0 Å². The Morgan fingerprint density at radius 3 is 2.26 bits per heavy atom. The molecule has 1 aliphatic carbocycles. The number of nitrogens with one attached hydrogen (secondary N) is 2. The molecule has 0 radical (unpaired) electrons. The van der Waals surface area contributed by atoms with Crippen LogP contribution < -0.4 is 10.6 Å². The maximum absolute atomic E-state index is 13.0. The van der Waals surface area contributed by atoms with Gasteiger partial charge in [0.05, 0.1) is 4.90 Å². The van der Waals surface area contributed by atoms with Crippen LogP contribution in [0, 0.1) is 0 Å². The number of sulfone groups is 1. The number of carbonyl (C=O) groups is 1. The predicted octanol–water partition coefficient (Wildman–Crippen LogP) is 2.18. The van der Waals surface area contributed by atoms with E-state index in [4.69, 9.17) is 11.6 Å². The zero-order valence-corrected chi connectivity index (χ0v) is 15.4. The molecule has 8 heteroatoms. The van der Waals surface area contributed by atoms with Crippen molar-refractivity contribution in [1.82, 2.24) is 10.6 Å². The molecule has 0 unspecified atom stereocenters. The fraction of sp³-hybridized carbons (Fsp3) is 0.533. The first-order valence-electron chi connectivity index (χ1n) is 7.37. The van der Waals surface area contributed by atoms with Crippen molar-refractivity contribution in [1.29, 1.82) is 0 Å². The largest absolute Gasteiger partial charge is 0.353 e. The molecule has 23 heavy (non-hydrogen) atoms. The van der Waals surface area contributed by atoms with Crippen LogP contribution in [0.25, 0.3) is 0 Å². The van der Waals surface area contributed by atoms with E-state index in [-0.39, 0.29) is 17.3 Å². The van der Waals surface area contributed by atoms with Crippen molar-refractivity contribution in [2.24, 2.45) is 0 Å². The summed E-state index contributed by atoms with van der Waals surface area (Å²) in [6.45, 7) is 1.01. The molecule has 0 aromatic heterocycles. The molecule has 1 amide bonds. The minimum Gasteiger partial charge on any atom is -0.353 e. The Hall–Kier alpha value is -0.820. The van der Waals surface area contributed by atoms with Gasteiger partial charge in [-0.05, 0) is 44.2 Å². The third-order valence-corrected chi connectivity index (χ3v) is 6.89. The topological polar surface area (TPSA) is 75.3 Å². The van der Waals surface area contributed by atoms with Crippen molar-refractivity contribution in [3.05, 3.63) is 29.3 Å². The monoisotopic (exact) mass is 380 g/mol. The summed E-state index contributed by atoms with van der Waals surface area (Å²) < 4.78 is 24.7. The van der Waals surface area contributed by atoms with Crippen molar-refractivity contribution in [3.63, 3.8) is 0 Å². The third-order valence-electron chi connectivity index (χ3n) is 4.12. The molecule has 0 aliphatic heterocycles. The van der Waals surface area contributed by atoms with Gasteiger partial charge in [-0.25, -0.2) is 8.42 Å². The van der Waals surface area contributed by atoms with Gasteiger partial charge in [-0.2, -0.15) is 0 Å². The highest BCUT2D eigenvalue weighted by Gasteiger charge is 2.52. The Balaban J connectivity index is 0.00000264. The van der Waals surface area contributed by atoms with Crippen molar-refractivity contribution in [2.75, 3.05) is 20.1 Å². The molecule has 1 aromatic rings. The average molecular weight is 381 g/mol. The van der Waals surface area contributed by atoms with Crippen LogP contribution in [0.5, 0.6) is 0 Å². The van der Waals surface area contributed by atoms with Gasteiger partial charge in [-0.1, -0.05) is 24.4 Å². The minimum absolute atomic E-state index is 0. The molecule has 1 fully saturated rings. The van der Waals surface area contributed by atoms with Gasteiger partial charge >= 0.3 is 0 Å². The molecule has 2 N–H and O–H groups in total. The molecular weight excluding hydrogens is 359 g/mol. The summed E-state index contributed by atoms with van der Waals surface area (Å²) in [5.74, 6) is -0.393. The summed E-state index contributed by atoms with van der Waals surface area (Å²) in [7, 11) is -1.96. The summed E-state index contributed by atoms with van der Waals surface area (Å²) in [6, 6.07) is 6.02. The fourth-order valence-corrected chi connectivity index (χ4v) is 5.08. The highest BCUT2D eigenvalue weighted by Crippen LogP contribution is 2.40. The number of hydrogen-bond donors (Lipinski definition) is 2. The van der Waals surface area contributed by atoms with E-state index in [9.17, 15) is 13.2 Å². The summed E-state index contributed by atoms with van der Waals surface area (Å²) in [4.78, 5) is 12.7. The van der Waals surface area contributed by atoms with Gasteiger partial charge in [0.1, 0.15) is 0 Å². The van der Waals surface area contributed by atoms with Gasteiger partial charge in [-0.3, -0.25) is 4.79 Å². The molecule has 0 saturated heterocycles. The molecule has 1 aliphatic rings. The van der Waals surface area contributed by atoms with Crippen LogP contribution in [-0.4, -0.2) is 39.2 Å². The molecule has 2 rings (SSSR count). The van der Waals surface area contributed by atoms with Crippen molar-refractivity contribution >= 4 is 39.8 Å². The lowest BCUT2D eigenvalue weighted by Crippen LogP contribution is -2.51. The number of likely N-dealkylation sites (N-methyl/N-ethyl adjacent to an activating group) is 1. The van der Waals surface area contributed by atoms with E-state index in [1.54, 1.807) is 7.05 Å². The average Bonchev–Trinajstić information content (AvgIpc) is 2.99. The van der Waals surface area contributed by atoms with E-state index in [0.717, 1.165) is 12.8 Å². The van der Waals surface area contributed by atoms with Crippen molar-refractivity contribution in [2.45, 2.75) is 35.3 Å². The lowest BCUT2D eigenvalue weighted by molar-refractivity contribution is -0.123. The van der Waals surface area contributed by atoms with Crippen LogP contribution in [0.3, 0.4) is 0 Å². The summed E-state index contributed by atoms with van der Waals surface area (Å²) in [5, 5.41) is 6.14. The Kier molecular flexibility index (Phi) is 7.32. The maximum Gasteiger partial charge on any atom is 0.241 e. The number of rotatable bonds is 6. The molecule has 0 atom stereocenters. The zero-order valence-electron chi connectivity index (χ0n) is 13.0. The molecule has 130 valence electrons. The Labute approximate surface area is 148 Å². The molecule has 0 heterocycles. The number of amides is 1. The highest BCUT2D eigenvalue weighted by atomic mass is 35.5. The van der Waals surface area contributed by atoms with E-state index in [2.05, 4.69) is 10.6 Å². The van der Waals surface area contributed by atoms with Crippen LogP contribution in [-0.2, 0) is 14.6 Å². The molecule has 1 aromatic carbocycles. The normalized spacial score (nSPS) is 16.6. The van der Waals surface area contributed by atoms with E-state index < -0.39 is 20.5 Å². The van der Waals surface area contributed by atoms with Gasteiger partial charge in [0, 0.05) is 18.1 Å². The Morgan fingerprint density at radius 2 is 1.74 bits per heavy atom. The minimum atomic E-state index is -3.74. The second kappa shape index (κ2) is 8.33. The van der Waals surface area contributed by atoms with Gasteiger partial charge in [0.2, 0.25) is 5.91 Å². The van der Waals surface area contributed by atoms with E-state index in [1.807, 2.05) is 0 Å². The standard InChI is InChI=1S/C15H21ClN2O3S.ClH/c1-17-10-11-18-14(19)15(8-2-3-9-15)22(20,21)13-6-4-12(16)5-7-13;/h4-7,17H,2-3,8-11H2,1H3,(H,18,19);1H. The van der Waals surface area contributed by atoms with Crippen molar-refractivity contribution < 1.29 is 13.2 Å². The van der Waals surface area contributed by atoms with Crippen LogP contribution in [0.15, 0.2) is 29.2 Å². The second-order valence-electron chi connectivity index (χ2n) is 5.52. The summed E-state index contributed by atoms with van der Waals surface area (Å²) in [6.07, 6.45) is 2.21. The first-order chi connectivity index (χ1) is 10.4. The molecule has 1 saturated carbocycles. The number of carbonyl (C=O) groups excluding carboxylic acids is 1. The van der Waals surface area contributed by atoms with Crippen molar-refractivity contribution in [3.8, 4) is 0 Å². The second-order valence-corrected chi connectivity index (χ2v) is 8.21. The lowest BCUT2D eigenvalue weighted by atomic mass is 10.1. The number of benzene rings is 1. The third kappa shape index (κ3) is 3.99. The lowest BCUT2D eigenvalue weighted by Gasteiger charge is -2.27.